The van der Waals surface area contributed by atoms with Crippen LogP contribution >= 0.6 is 0 Å². The van der Waals surface area contributed by atoms with Gasteiger partial charge in [0, 0.05) is 63.9 Å². The number of amides is 1. The highest BCUT2D eigenvalue weighted by Crippen LogP contribution is 2.32. The smallest absolute Gasteiger partial charge is 0.224 e. The van der Waals surface area contributed by atoms with E-state index in [0.717, 1.165) is 29.1 Å². The zero-order valence-electron chi connectivity index (χ0n) is 18.0. The summed E-state index contributed by atoms with van der Waals surface area (Å²) < 4.78 is 10.4. The first-order valence-corrected chi connectivity index (χ1v) is 10.3. The van der Waals surface area contributed by atoms with Gasteiger partial charge in [-0.25, -0.2) is 9.97 Å². The number of hydrogen-bond donors (Lipinski definition) is 0. The molecular weight excluding hydrogens is 396 g/mol. The van der Waals surface area contributed by atoms with Crippen LogP contribution in [-0.2, 0) is 4.79 Å². The average Bonchev–Trinajstić information content (AvgIpc) is 3.47. The van der Waals surface area contributed by atoms with Crippen molar-refractivity contribution in [3.63, 3.8) is 0 Å². The van der Waals surface area contributed by atoms with Crippen molar-refractivity contribution in [3.05, 3.63) is 48.4 Å². The summed E-state index contributed by atoms with van der Waals surface area (Å²) in [5.74, 6) is 2.04. The van der Waals surface area contributed by atoms with Crippen LogP contribution in [0.25, 0.3) is 11.4 Å². The first-order chi connectivity index (χ1) is 15.0. The molecule has 31 heavy (non-hydrogen) atoms. The third-order valence-corrected chi connectivity index (χ3v) is 5.59. The fourth-order valence-electron chi connectivity index (χ4n) is 3.85. The molecule has 2 aromatic heterocycles. The van der Waals surface area contributed by atoms with Gasteiger partial charge < -0.3 is 19.1 Å². The number of likely N-dealkylation sites (tertiary alicyclic amines) is 1. The van der Waals surface area contributed by atoms with Crippen LogP contribution in [0, 0.1) is 6.92 Å². The van der Waals surface area contributed by atoms with Gasteiger partial charge in [-0.15, -0.1) is 0 Å². The van der Waals surface area contributed by atoms with E-state index >= 15 is 0 Å². The number of ether oxygens (including phenoxy) is 1. The van der Waals surface area contributed by atoms with Gasteiger partial charge in [0.2, 0.25) is 17.6 Å². The highest BCUT2D eigenvalue weighted by molar-refractivity contribution is 5.77. The summed E-state index contributed by atoms with van der Waals surface area (Å²) in [7, 11) is 3.63. The van der Waals surface area contributed by atoms with Gasteiger partial charge in [0.25, 0.3) is 0 Å². The number of aryl methyl sites for hydroxylation is 1. The van der Waals surface area contributed by atoms with Crippen LogP contribution < -0.4 is 9.64 Å². The highest BCUT2D eigenvalue weighted by atomic mass is 16.5. The average molecular weight is 422 g/mol. The lowest BCUT2D eigenvalue weighted by Crippen LogP contribution is -2.32. The molecule has 162 valence electrons. The Morgan fingerprint density at radius 1 is 1.39 bits per heavy atom. The fraction of sp³-hybridized carbons (Fsp3) is 0.409. The van der Waals surface area contributed by atoms with Crippen LogP contribution in [0.2, 0.25) is 0 Å². The minimum Gasteiger partial charge on any atom is -0.497 e. The third-order valence-electron chi connectivity index (χ3n) is 5.59. The Bertz CT molecular complexity index is 1050. The van der Waals surface area contributed by atoms with Crippen molar-refractivity contribution in [2.24, 2.45) is 0 Å². The van der Waals surface area contributed by atoms with Crippen molar-refractivity contribution in [2.45, 2.75) is 25.7 Å². The Kier molecular flexibility index (Phi) is 6.11. The highest BCUT2D eigenvalue weighted by Gasteiger charge is 2.30. The molecule has 1 aliphatic heterocycles. The zero-order chi connectivity index (χ0) is 21.8. The predicted octanol–water partition coefficient (Wildman–Crippen LogP) is 2.69. The number of nitrogens with zero attached hydrogens (tertiary/aromatic N) is 6. The van der Waals surface area contributed by atoms with E-state index in [1.165, 1.54) is 6.33 Å². The lowest BCUT2D eigenvalue weighted by molar-refractivity contribution is -0.129. The summed E-state index contributed by atoms with van der Waals surface area (Å²) in [6, 6.07) is 7.83. The molecule has 0 aliphatic carbocycles. The van der Waals surface area contributed by atoms with E-state index in [1.54, 1.807) is 20.2 Å². The Morgan fingerprint density at radius 3 is 3.03 bits per heavy atom. The molecule has 0 spiro atoms. The van der Waals surface area contributed by atoms with Crippen LogP contribution in [0.4, 0.5) is 5.69 Å². The number of benzene rings is 1. The van der Waals surface area contributed by atoms with E-state index in [2.05, 4.69) is 25.0 Å². The van der Waals surface area contributed by atoms with Gasteiger partial charge in [-0.3, -0.25) is 4.79 Å². The summed E-state index contributed by atoms with van der Waals surface area (Å²) in [4.78, 5) is 29.7. The van der Waals surface area contributed by atoms with E-state index in [4.69, 9.17) is 9.26 Å². The lowest BCUT2D eigenvalue weighted by atomic mass is 10.00. The minimum atomic E-state index is 0.122. The molecular formula is C22H26N6O3. The van der Waals surface area contributed by atoms with Gasteiger partial charge in [0.15, 0.2) is 0 Å². The standard InChI is InChI=1S/C22H26N6O3/c1-15-25-22(26-31-15)19-12-23-14-24-21(19)16-7-10-28(13-16)20(29)8-9-27(2)17-5-4-6-18(11-17)30-3/h4-6,11-12,14,16H,7-10,13H2,1-3H3/t16-/m1/s1. The summed E-state index contributed by atoms with van der Waals surface area (Å²) in [5.41, 5.74) is 2.64. The topological polar surface area (TPSA) is 97.5 Å². The largest absolute Gasteiger partial charge is 0.497 e. The third kappa shape index (κ3) is 4.65. The number of methoxy groups -OCH3 is 1. The van der Waals surface area contributed by atoms with Crippen molar-refractivity contribution in [1.29, 1.82) is 0 Å². The van der Waals surface area contributed by atoms with Crippen molar-refractivity contribution < 1.29 is 14.1 Å². The quantitative estimate of drug-likeness (QED) is 0.573. The monoisotopic (exact) mass is 422 g/mol. The molecule has 0 radical (unpaired) electrons. The molecule has 0 saturated carbocycles. The van der Waals surface area contributed by atoms with Gasteiger partial charge in [0.1, 0.15) is 12.1 Å². The van der Waals surface area contributed by atoms with Crippen molar-refractivity contribution in [3.8, 4) is 17.1 Å². The maximum absolute atomic E-state index is 12.8. The van der Waals surface area contributed by atoms with Gasteiger partial charge in [-0.2, -0.15) is 4.98 Å². The van der Waals surface area contributed by atoms with E-state index < -0.39 is 0 Å². The van der Waals surface area contributed by atoms with E-state index in [9.17, 15) is 4.79 Å². The molecule has 1 aromatic carbocycles. The summed E-state index contributed by atoms with van der Waals surface area (Å²) in [6.07, 6.45) is 4.53. The lowest BCUT2D eigenvalue weighted by Gasteiger charge is -2.22. The molecule has 0 N–H and O–H groups in total. The molecule has 0 unspecified atom stereocenters. The maximum atomic E-state index is 12.8. The molecule has 3 heterocycles. The first kappa shape index (κ1) is 20.8. The number of rotatable bonds is 7. The Hall–Kier alpha value is -3.49. The van der Waals surface area contributed by atoms with Gasteiger partial charge in [0.05, 0.1) is 18.4 Å². The van der Waals surface area contributed by atoms with Gasteiger partial charge >= 0.3 is 0 Å². The van der Waals surface area contributed by atoms with Crippen LogP contribution in [0.1, 0.15) is 30.3 Å². The molecule has 1 aliphatic rings. The second-order valence-corrected chi connectivity index (χ2v) is 7.66. The van der Waals surface area contributed by atoms with Crippen molar-refractivity contribution in [2.75, 3.05) is 38.7 Å². The molecule has 0 bridgehead atoms. The zero-order valence-corrected chi connectivity index (χ0v) is 18.0. The molecule has 1 saturated heterocycles. The summed E-state index contributed by atoms with van der Waals surface area (Å²) >= 11 is 0. The van der Waals surface area contributed by atoms with Gasteiger partial charge in [-0.1, -0.05) is 11.2 Å². The van der Waals surface area contributed by atoms with Crippen LogP contribution in [-0.4, -0.2) is 64.7 Å². The van der Waals surface area contributed by atoms with E-state index in [-0.39, 0.29) is 11.8 Å². The summed E-state index contributed by atoms with van der Waals surface area (Å²) in [6.45, 7) is 3.72. The van der Waals surface area contributed by atoms with Crippen LogP contribution in [0.15, 0.2) is 41.3 Å². The maximum Gasteiger partial charge on any atom is 0.224 e. The molecule has 9 heteroatoms. The Morgan fingerprint density at radius 2 is 2.26 bits per heavy atom. The van der Waals surface area contributed by atoms with Crippen LogP contribution in [0.3, 0.4) is 0 Å². The Labute approximate surface area is 181 Å². The van der Waals surface area contributed by atoms with Crippen LogP contribution in [0.5, 0.6) is 5.75 Å². The second kappa shape index (κ2) is 9.11. The number of carbonyl (C=O) groups is 1. The second-order valence-electron chi connectivity index (χ2n) is 7.66. The van der Waals surface area contributed by atoms with Crippen molar-refractivity contribution >= 4 is 11.6 Å². The predicted molar refractivity (Wildman–Crippen MR) is 115 cm³/mol. The molecule has 1 atom stereocenters. The minimum absolute atomic E-state index is 0.122. The number of aromatic nitrogens is 4. The molecule has 1 amide bonds. The number of carbonyl (C=O) groups excluding carboxylic acids is 1. The normalized spacial score (nSPS) is 15.8. The SMILES string of the molecule is COc1cccc(N(C)CCC(=O)N2CC[C@@H](c3ncncc3-c3noc(C)n3)C2)c1. The van der Waals surface area contributed by atoms with Crippen molar-refractivity contribution in [1.82, 2.24) is 25.0 Å². The molecule has 4 rings (SSSR count). The Balaban J connectivity index is 1.37. The number of anilines is 1. The fourth-order valence-corrected chi connectivity index (χ4v) is 3.85. The molecule has 3 aromatic rings. The molecule has 9 nitrogen and oxygen atoms in total. The van der Waals surface area contributed by atoms with E-state index in [1.807, 2.05) is 36.2 Å². The van der Waals surface area contributed by atoms with E-state index in [0.29, 0.717) is 37.8 Å². The number of hydrogen-bond acceptors (Lipinski definition) is 8. The first-order valence-electron chi connectivity index (χ1n) is 10.3. The van der Waals surface area contributed by atoms with Gasteiger partial charge in [-0.05, 0) is 18.6 Å². The summed E-state index contributed by atoms with van der Waals surface area (Å²) in [5, 5.41) is 4.00. The molecule has 1 fully saturated rings.